The smallest absolute Gasteiger partial charge is 0.123 e. The van der Waals surface area contributed by atoms with Crippen LogP contribution in [0.15, 0.2) is 48.5 Å². The van der Waals surface area contributed by atoms with Gasteiger partial charge >= 0.3 is 0 Å². The van der Waals surface area contributed by atoms with Crippen LogP contribution in [0.3, 0.4) is 0 Å². The molecule has 1 saturated carbocycles. The first-order chi connectivity index (χ1) is 15.5. The van der Waals surface area contributed by atoms with Gasteiger partial charge in [0.05, 0.1) is 35.2 Å². The standard InChI is InChI=1S/C26H34N6/c1-29(17-25-27-19-11-5-7-13-21(19)31(25)3)23-15-9-10-16-24(23)30(2)18-26-28-20-12-6-8-14-22(20)32(26)4/h5-8,11-14,23-24H,9-10,15-18H2,1-4H3. The molecule has 2 aromatic carbocycles. The van der Waals surface area contributed by atoms with Gasteiger partial charge in [-0.3, -0.25) is 9.80 Å². The molecule has 0 saturated heterocycles. The maximum atomic E-state index is 4.91. The van der Waals surface area contributed by atoms with E-state index in [1.165, 1.54) is 36.7 Å². The Morgan fingerprint density at radius 2 is 1.12 bits per heavy atom. The van der Waals surface area contributed by atoms with E-state index in [0.717, 1.165) is 35.8 Å². The number of aryl methyl sites for hydroxylation is 2. The fraction of sp³-hybridized carbons (Fsp3) is 0.462. The Hall–Kier alpha value is -2.70. The molecule has 1 aliphatic rings. The summed E-state index contributed by atoms with van der Waals surface area (Å²) in [6.07, 6.45) is 5.07. The number of para-hydroxylation sites is 4. The van der Waals surface area contributed by atoms with Crippen molar-refractivity contribution in [1.29, 1.82) is 0 Å². The van der Waals surface area contributed by atoms with Crippen LogP contribution in [-0.4, -0.2) is 55.1 Å². The Balaban J connectivity index is 1.34. The number of fused-ring (bicyclic) bond motifs is 2. The van der Waals surface area contributed by atoms with Gasteiger partial charge < -0.3 is 9.13 Å². The summed E-state index contributed by atoms with van der Waals surface area (Å²) in [6.45, 7) is 1.74. The molecule has 168 valence electrons. The summed E-state index contributed by atoms with van der Waals surface area (Å²) in [6, 6.07) is 17.9. The van der Waals surface area contributed by atoms with Crippen LogP contribution in [0.5, 0.6) is 0 Å². The predicted molar refractivity (Wildman–Crippen MR) is 130 cm³/mol. The molecular weight excluding hydrogens is 396 g/mol. The molecule has 6 nitrogen and oxygen atoms in total. The molecule has 0 aliphatic heterocycles. The fourth-order valence-corrected chi connectivity index (χ4v) is 5.47. The zero-order valence-corrected chi connectivity index (χ0v) is 19.7. The Labute approximate surface area is 190 Å². The third-order valence-corrected chi connectivity index (χ3v) is 7.37. The molecule has 2 unspecified atom stereocenters. The lowest BCUT2D eigenvalue weighted by Gasteiger charge is -2.42. The van der Waals surface area contributed by atoms with Crippen molar-refractivity contribution in [3.8, 4) is 0 Å². The van der Waals surface area contributed by atoms with E-state index >= 15 is 0 Å². The van der Waals surface area contributed by atoms with Crippen molar-refractivity contribution in [3.63, 3.8) is 0 Å². The normalized spacial score (nSPS) is 19.6. The van der Waals surface area contributed by atoms with Gasteiger partial charge in [-0.05, 0) is 51.2 Å². The van der Waals surface area contributed by atoms with Crippen molar-refractivity contribution >= 4 is 22.1 Å². The van der Waals surface area contributed by atoms with Gasteiger partial charge in [-0.25, -0.2) is 9.97 Å². The zero-order valence-electron chi connectivity index (χ0n) is 19.7. The second-order valence-corrected chi connectivity index (χ2v) is 9.40. The van der Waals surface area contributed by atoms with E-state index < -0.39 is 0 Å². The Kier molecular flexibility index (Phi) is 5.74. The second kappa shape index (κ2) is 8.68. The SMILES string of the molecule is CN(Cc1nc2ccccc2n1C)C1CCCCC1N(C)Cc1nc2ccccc2n1C. The van der Waals surface area contributed by atoms with Crippen LogP contribution in [0.2, 0.25) is 0 Å². The monoisotopic (exact) mass is 430 g/mol. The van der Waals surface area contributed by atoms with Crippen molar-refractivity contribution in [2.24, 2.45) is 14.1 Å². The summed E-state index contributed by atoms with van der Waals surface area (Å²) in [7, 11) is 8.81. The van der Waals surface area contributed by atoms with Crippen LogP contribution >= 0.6 is 0 Å². The molecule has 0 amide bonds. The summed E-state index contributed by atoms with van der Waals surface area (Å²) in [5.74, 6) is 2.27. The van der Waals surface area contributed by atoms with Gasteiger partial charge in [0, 0.05) is 26.2 Å². The average Bonchev–Trinajstić information content (AvgIpc) is 3.30. The van der Waals surface area contributed by atoms with E-state index in [4.69, 9.17) is 9.97 Å². The zero-order chi connectivity index (χ0) is 22.2. The lowest BCUT2D eigenvalue weighted by atomic mass is 9.88. The number of rotatable bonds is 6. The highest BCUT2D eigenvalue weighted by Gasteiger charge is 2.32. The lowest BCUT2D eigenvalue weighted by molar-refractivity contribution is 0.0658. The number of imidazole rings is 2. The van der Waals surface area contributed by atoms with Crippen LogP contribution in [0.4, 0.5) is 0 Å². The summed E-state index contributed by atoms with van der Waals surface area (Å²) in [5.41, 5.74) is 4.57. The molecule has 0 bridgehead atoms. The van der Waals surface area contributed by atoms with E-state index in [-0.39, 0.29) is 0 Å². The Morgan fingerprint density at radius 1 is 0.719 bits per heavy atom. The molecule has 0 N–H and O–H groups in total. The summed E-state index contributed by atoms with van der Waals surface area (Å²) in [5, 5.41) is 0. The van der Waals surface area contributed by atoms with Crippen molar-refractivity contribution in [2.45, 2.75) is 50.9 Å². The van der Waals surface area contributed by atoms with Crippen molar-refractivity contribution in [2.75, 3.05) is 14.1 Å². The lowest BCUT2D eigenvalue weighted by Crippen LogP contribution is -2.50. The van der Waals surface area contributed by atoms with Crippen LogP contribution in [0, 0.1) is 0 Å². The van der Waals surface area contributed by atoms with Crippen molar-refractivity contribution in [1.82, 2.24) is 28.9 Å². The summed E-state index contributed by atoms with van der Waals surface area (Å²) >= 11 is 0. The van der Waals surface area contributed by atoms with Gasteiger partial charge in [-0.15, -0.1) is 0 Å². The topological polar surface area (TPSA) is 42.1 Å². The molecule has 2 atom stereocenters. The average molecular weight is 431 g/mol. The van der Waals surface area contributed by atoms with Gasteiger partial charge in [-0.1, -0.05) is 37.1 Å². The largest absolute Gasteiger partial charge is 0.330 e. The number of hydrogen-bond donors (Lipinski definition) is 0. The molecule has 2 aromatic heterocycles. The van der Waals surface area contributed by atoms with Crippen LogP contribution in [-0.2, 0) is 27.2 Å². The maximum absolute atomic E-state index is 4.91. The van der Waals surface area contributed by atoms with E-state index in [9.17, 15) is 0 Å². The summed E-state index contributed by atoms with van der Waals surface area (Å²) in [4.78, 5) is 14.9. The number of nitrogens with zero attached hydrogens (tertiary/aromatic N) is 6. The first-order valence-corrected chi connectivity index (χ1v) is 11.7. The molecular formula is C26H34N6. The van der Waals surface area contributed by atoms with E-state index in [1.807, 2.05) is 0 Å². The van der Waals surface area contributed by atoms with Gasteiger partial charge in [-0.2, -0.15) is 0 Å². The van der Waals surface area contributed by atoms with Crippen LogP contribution in [0.1, 0.15) is 37.3 Å². The number of likely N-dealkylation sites (N-methyl/N-ethyl adjacent to an activating group) is 2. The van der Waals surface area contributed by atoms with Crippen LogP contribution in [0.25, 0.3) is 22.1 Å². The minimum atomic E-state index is 0.517. The summed E-state index contributed by atoms with van der Waals surface area (Å²) < 4.78 is 4.49. The Bertz CT molecular complexity index is 1130. The van der Waals surface area contributed by atoms with Crippen molar-refractivity contribution in [3.05, 3.63) is 60.2 Å². The van der Waals surface area contributed by atoms with Gasteiger partial charge in [0.25, 0.3) is 0 Å². The molecule has 1 fully saturated rings. The highest BCUT2D eigenvalue weighted by atomic mass is 15.3. The molecule has 0 radical (unpaired) electrons. The van der Waals surface area contributed by atoms with Gasteiger partial charge in [0.2, 0.25) is 0 Å². The van der Waals surface area contributed by atoms with E-state index in [0.29, 0.717) is 12.1 Å². The number of hydrogen-bond acceptors (Lipinski definition) is 4. The molecule has 5 rings (SSSR count). The van der Waals surface area contributed by atoms with Gasteiger partial charge in [0.15, 0.2) is 0 Å². The van der Waals surface area contributed by atoms with Crippen LogP contribution < -0.4 is 0 Å². The first-order valence-electron chi connectivity index (χ1n) is 11.7. The molecule has 0 spiro atoms. The van der Waals surface area contributed by atoms with E-state index in [2.05, 4.69) is 95.7 Å². The fourth-order valence-electron chi connectivity index (χ4n) is 5.47. The van der Waals surface area contributed by atoms with E-state index in [1.54, 1.807) is 0 Å². The molecule has 4 aromatic rings. The second-order valence-electron chi connectivity index (χ2n) is 9.40. The number of benzene rings is 2. The minimum absolute atomic E-state index is 0.517. The minimum Gasteiger partial charge on any atom is -0.330 e. The highest BCUT2D eigenvalue weighted by molar-refractivity contribution is 5.76. The predicted octanol–water partition coefficient (Wildman–Crippen LogP) is 4.34. The first kappa shape index (κ1) is 21.2. The number of aromatic nitrogens is 4. The molecule has 32 heavy (non-hydrogen) atoms. The van der Waals surface area contributed by atoms with Gasteiger partial charge in [0.1, 0.15) is 11.6 Å². The van der Waals surface area contributed by atoms with Crippen molar-refractivity contribution < 1.29 is 0 Å². The highest BCUT2D eigenvalue weighted by Crippen LogP contribution is 2.28. The Morgan fingerprint density at radius 3 is 1.53 bits per heavy atom. The molecule has 1 aliphatic carbocycles. The maximum Gasteiger partial charge on any atom is 0.123 e. The third-order valence-electron chi connectivity index (χ3n) is 7.37. The third kappa shape index (κ3) is 3.82. The molecule has 2 heterocycles. The quantitative estimate of drug-likeness (QED) is 0.456. The molecule has 6 heteroatoms.